The Morgan fingerprint density at radius 1 is 0.650 bits per heavy atom. The van der Waals surface area contributed by atoms with Crippen molar-refractivity contribution < 1.29 is 0 Å². The Kier molecular flexibility index (Phi) is 0.693. The summed E-state index contributed by atoms with van der Waals surface area (Å²) in [6.45, 7) is 0. The van der Waals surface area contributed by atoms with E-state index in [4.69, 9.17) is 0 Å². The van der Waals surface area contributed by atoms with Crippen LogP contribution in [0.2, 0.25) is 0 Å². The Morgan fingerprint density at radius 3 is 1.70 bits per heavy atom. The minimum atomic E-state index is 0.929. The van der Waals surface area contributed by atoms with Gasteiger partial charge in [-0.1, -0.05) is 12.2 Å². The van der Waals surface area contributed by atoms with Crippen LogP contribution in [0, 0.1) is 80.8 Å². The fourth-order valence-corrected chi connectivity index (χ4v) is 14.8. The molecule has 0 heterocycles. The summed E-state index contributed by atoms with van der Waals surface area (Å²) < 4.78 is 0. The Morgan fingerprint density at radius 2 is 1.15 bits per heavy atom. The van der Waals surface area contributed by atoms with E-state index in [1.807, 2.05) is 0 Å². The first-order chi connectivity index (χ1) is 9.87. The van der Waals surface area contributed by atoms with Crippen molar-refractivity contribution in [3.63, 3.8) is 0 Å². The molecule has 0 nitrogen and oxygen atoms in total. The van der Waals surface area contributed by atoms with Gasteiger partial charge in [0, 0.05) is 0 Å². The maximum absolute atomic E-state index is 2.81. The van der Waals surface area contributed by atoms with Crippen LogP contribution in [0.15, 0.2) is 12.2 Å². The van der Waals surface area contributed by atoms with Crippen LogP contribution in [0.3, 0.4) is 0 Å². The molecule has 2 unspecified atom stereocenters. The van der Waals surface area contributed by atoms with Gasteiger partial charge in [0.2, 0.25) is 0 Å². The van der Waals surface area contributed by atoms with Gasteiger partial charge < -0.3 is 0 Å². The summed E-state index contributed by atoms with van der Waals surface area (Å²) >= 11 is 0. The van der Waals surface area contributed by atoms with Gasteiger partial charge >= 0.3 is 0 Å². The van der Waals surface area contributed by atoms with E-state index in [1.54, 1.807) is 25.7 Å². The third-order valence-electron chi connectivity index (χ3n) is 12.9. The number of hydrogen-bond acceptors (Lipinski definition) is 0. The minimum absolute atomic E-state index is 0.929. The van der Waals surface area contributed by atoms with Gasteiger partial charge in [-0.15, -0.1) is 0 Å². The predicted molar refractivity (Wildman–Crippen MR) is 72.2 cm³/mol. The van der Waals surface area contributed by atoms with E-state index in [9.17, 15) is 0 Å². The number of allylic oxidation sites excluding steroid dienone is 2. The summed E-state index contributed by atoms with van der Waals surface area (Å²) in [6, 6.07) is 0. The van der Waals surface area contributed by atoms with Crippen molar-refractivity contribution in [3.8, 4) is 0 Å². The molecule has 14 atom stereocenters. The monoisotopic (exact) mass is 260 g/mol. The average molecular weight is 260 g/mol. The number of rotatable bonds is 0. The fraction of sp³-hybridized carbons (Fsp3) is 0.900. The molecule has 12 rings (SSSR count). The second-order valence-corrected chi connectivity index (χ2v) is 10.9. The molecule has 0 N–H and O–H groups in total. The highest BCUT2D eigenvalue weighted by Crippen LogP contribution is 3.17. The normalized spacial score (nSPS) is 98.8. The van der Waals surface area contributed by atoms with Crippen LogP contribution in [0.1, 0.15) is 25.7 Å². The van der Waals surface area contributed by atoms with Gasteiger partial charge in [-0.2, -0.15) is 0 Å². The van der Waals surface area contributed by atoms with E-state index in [0.717, 1.165) is 33.5 Å². The molecule has 20 heavy (non-hydrogen) atoms. The molecule has 0 heteroatoms. The fourth-order valence-electron chi connectivity index (χ4n) is 14.8. The number of hydrogen-bond donors (Lipinski definition) is 0. The molecule has 0 amide bonds. The zero-order valence-corrected chi connectivity index (χ0v) is 11.8. The molecule has 0 aromatic rings. The van der Waals surface area contributed by atoms with Crippen molar-refractivity contribution >= 4 is 0 Å². The van der Waals surface area contributed by atoms with Crippen LogP contribution in [-0.2, 0) is 0 Å². The van der Waals surface area contributed by atoms with E-state index in [2.05, 4.69) is 12.2 Å². The molecular weight excluding hydrogens is 240 g/mol. The van der Waals surface area contributed by atoms with Crippen LogP contribution < -0.4 is 0 Å². The van der Waals surface area contributed by atoms with E-state index >= 15 is 0 Å². The van der Waals surface area contributed by atoms with Crippen molar-refractivity contribution in [3.05, 3.63) is 12.2 Å². The largest absolute Gasteiger partial charge is 0.0842 e. The second-order valence-electron chi connectivity index (χ2n) is 10.9. The van der Waals surface area contributed by atoms with Crippen molar-refractivity contribution in [2.75, 3.05) is 0 Å². The molecule has 10 saturated carbocycles. The van der Waals surface area contributed by atoms with Gasteiger partial charge in [0.1, 0.15) is 0 Å². The molecule has 12 aliphatic carbocycles. The van der Waals surface area contributed by atoms with Crippen molar-refractivity contribution in [2.24, 2.45) is 80.8 Å². The Bertz CT molecular complexity index is 689. The molecular formula is C20H20. The van der Waals surface area contributed by atoms with Crippen LogP contribution >= 0.6 is 0 Å². The summed E-state index contributed by atoms with van der Waals surface area (Å²) in [5.41, 5.74) is 3.76. The predicted octanol–water partition coefficient (Wildman–Crippen LogP) is 3.35. The molecule has 10 fully saturated rings. The first kappa shape index (κ1) is 8.39. The lowest BCUT2D eigenvalue weighted by Gasteiger charge is -2.78. The molecule has 0 radical (unpaired) electrons. The SMILES string of the molecule is C1=C[C@H]2[C@@H]3C[C@@]45[C@@H]6C[C@H]7C8C6[C@@H]6C[C@H]8[C@]8([C@H]1[C@@H]3C[C@@]648)[C@@]725. The van der Waals surface area contributed by atoms with Crippen molar-refractivity contribution in [2.45, 2.75) is 25.7 Å². The molecule has 10 bridgehead atoms. The second kappa shape index (κ2) is 1.65. The minimum Gasteiger partial charge on any atom is -0.0842 e. The topological polar surface area (TPSA) is 0 Å². The molecule has 12 aliphatic rings. The first-order valence-electron chi connectivity index (χ1n) is 9.56. The van der Waals surface area contributed by atoms with Gasteiger partial charge in [0.25, 0.3) is 0 Å². The van der Waals surface area contributed by atoms with E-state index < -0.39 is 0 Å². The Labute approximate surface area is 119 Å². The summed E-state index contributed by atoms with van der Waals surface area (Å²) in [5.74, 6) is 12.0. The van der Waals surface area contributed by atoms with Crippen LogP contribution in [0.5, 0.6) is 0 Å². The van der Waals surface area contributed by atoms with Gasteiger partial charge in [-0.25, -0.2) is 0 Å². The van der Waals surface area contributed by atoms with Gasteiger partial charge in [-0.05, 0) is 107 Å². The molecule has 0 aromatic carbocycles. The lowest BCUT2D eigenvalue weighted by atomic mass is 9.25. The highest BCUT2D eigenvalue weighted by molar-refractivity contribution is 5.62. The summed E-state index contributed by atoms with van der Waals surface area (Å²) in [7, 11) is 0. The molecule has 0 saturated heterocycles. The lowest BCUT2D eigenvalue weighted by molar-refractivity contribution is -0.315. The van der Waals surface area contributed by atoms with Crippen molar-refractivity contribution in [1.29, 1.82) is 0 Å². The smallest absolute Gasteiger partial charge is 0.00651 e. The summed E-state index contributed by atoms with van der Waals surface area (Å²) in [5, 5.41) is 0. The lowest BCUT2D eigenvalue weighted by Crippen LogP contribution is -2.76. The first-order valence-corrected chi connectivity index (χ1v) is 9.56. The van der Waals surface area contributed by atoms with Crippen LogP contribution in [0.4, 0.5) is 0 Å². The maximum Gasteiger partial charge on any atom is -0.00651 e. The summed E-state index contributed by atoms with van der Waals surface area (Å²) in [6.07, 6.45) is 12.5. The maximum atomic E-state index is 2.81. The van der Waals surface area contributed by atoms with E-state index in [1.165, 1.54) is 47.3 Å². The van der Waals surface area contributed by atoms with Gasteiger partial charge in [-0.3, -0.25) is 0 Å². The highest BCUT2D eigenvalue weighted by Gasteiger charge is 3.13. The average Bonchev–Trinajstić information content (AvgIpc) is 3.15. The third-order valence-corrected chi connectivity index (χ3v) is 12.9. The highest BCUT2D eigenvalue weighted by atomic mass is 15.2. The van der Waals surface area contributed by atoms with Crippen molar-refractivity contribution in [1.82, 2.24) is 0 Å². The molecule has 0 aromatic heterocycles. The quantitative estimate of drug-likeness (QED) is 0.586. The Hall–Kier alpha value is -0.260. The van der Waals surface area contributed by atoms with E-state index in [0.29, 0.717) is 0 Å². The van der Waals surface area contributed by atoms with Gasteiger partial charge in [0.15, 0.2) is 0 Å². The van der Waals surface area contributed by atoms with E-state index in [-0.39, 0.29) is 0 Å². The Balaban J connectivity index is 1.60. The zero-order chi connectivity index (χ0) is 12.0. The van der Waals surface area contributed by atoms with Crippen LogP contribution in [0.25, 0.3) is 0 Å². The zero-order valence-electron chi connectivity index (χ0n) is 11.8. The standard InChI is InChI=1S/C20H20/c1-2-10-8-6-18-12-4-14-16-13-3-11(15(12)16)17(18)5-7(8)9(1)19(13,17)20(10,14)18/h1-2,7-16H,3-6H2/t7-,8-,9-,10+,11+,12-,13-,14+,15?,16?,17-,18-,19+,20-/m1/s1. The van der Waals surface area contributed by atoms with Gasteiger partial charge in [0.05, 0.1) is 0 Å². The molecule has 0 aliphatic heterocycles. The molecule has 4 spiro atoms. The summed E-state index contributed by atoms with van der Waals surface area (Å²) in [4.78, 5) is 0. The van der Waals surface area contributed by atoms with Crippen LogP contribution in [-0.4, -0.2) is 0 Å². The molecule has 100 valence electrons. The third kappa shape index (κ3) is 0.309.